The molecule has 6 rings (SSSR count). The van der Waals surface area contributed by atoms with E-state index in [-0.39, 0.29) is 17.3 Å². The molecule has 4 fully saturated rings. The van der Waals surface area contributed by atoms with Gasteiger partial charge in [0.25, 0.3) is 0 Å². The van der Waals surface area contributed by atoms with Gasteiger partial charge in [-0.15, -0.1) is 0 Å². The number of aromatic nitrogens is 1. The monoisotopic (exact) mass is 364 g/mol. The first-order chi connectivity index (χ1) is 13.1. The summed E-state index contributed by atoms with van der Waals surface area (Å²) in [4.78, 5) is 16.8. The number of urea groups is 1. The molecule has 1 aromatic heterocycles. The summed E-state index contributed by atoms with van der Waals surface area (Å²) in [6, 6.07) is 8.72. The Balaban J connectivity index is 1.24. The maximum Gasteiger partial charge on any atom is 0.335 e. The van der Waals surface area contributed by atoms with Gasteiger partial charge in [0.05, 0.1) is 11.9 Å². The lowest BCUT2D eigenvalue weighted by Crippen LogP contribution is -2.61. The van der Waals surface area contributed by atoms with Crippen LogP contribution in [0.15, 0.2) is 35.4 Å². The molecule has 4 saturated carbocycles. The molecular formula is C21H24N4O2. The number of pyridine rings is 1. The summed E-state index contributed by atoms with van der Waals surface area (Å²) < 4.78 is 0. The van der Waals surface area contributed by atoms with Gasteiger partial charge in [-0.05, 0) is 68.4 Å². The molecule has 1 aromatic carbocycles. The smallest absolute Gasteiger partial charge is 0.335 e. The highest BCUT2D eigenvalue weighted by atomic mass is 16.3. The van der Waals surface area contributed by atoms with E-state index in [9.17, 15) is 9.90 Å². The number of hydrogen-bond acceptors (Lipinski definition) is 4. The first-order valence-corrected chi connectivity index (χ1v) is 9.79. The van der Waals surface area contributed by atoms with Gasteiger partial charge in [0, 0.05) is 10.9 Å². The number of phenols is 1. The van der Waals surface area contributed by atoms with Crippen molar-refractivity contribution in [1.82, 2.24) is 15.7 Å². The minimum atomic E-state index is -0.239. The van der Waals surface area contributed by atoms with Crippen molar-refractivity contribution in [2.24, 2.45) is 22.9 Å². The normalized spacial score (nSPS) is 31.5. The molecule has 4 bridgehead atoms. The predicted octanol–water partition coefficient (Wildman–Crippen LogP) is 3.54. The van der Waals surface area contributed by atoms with Gasteiger partial charge in [-0.1, -0.05) is 18.2 Å². The summed E-state index contributed by atoms with van der Waals surface area (Å²) in [7, 11) is 0. The number of nitrogens with one attached hydrogen (secondary N) is 2. The van der Waals surface area contributed by atoms with Crippen LogP contribution in [-0.4, -0.2) is 27.9 Å². The molecule has 140 valence electrons. The molecule has 0 aliphatic heterocycles. The van der Waals surface area contributed by atoms with Gasteiger partial charge in [0.2, 0.25) is 0 Å². The number of para-hydroxylation sites is 1. The lowest BCUT2D eigenvalue weighted by Gasteiger charge is -2.56. The number of phenolic OH excluding ortho intramolecular Hbond substituents is 1. The average molecular weight is 364 g/mol. The molecule has 0 unspecified atom stereocenters. The number of carbonyl (C=O) groups excluding carboxylic acids is 1. The van der Waals surface area contributed by atoms with Crippen molar-refractivity contribution in [2.75, 3.05) is 0 Å². The molecule has 4 aliphatic carbocycles. The van der Waals surface area contributed by atoms with E-state index in [1.54, 1.807) is 12.1 Å². The van der Waals surface area contributed by atoms with Gasteiger partial charge in [-0.2, -0.15) is 5.10 Å². The summed E-state index contributed by atoms with van der Waals surface area (Å²) in [5, 5.41) is 18.0. The number of hydrazone groups is 1. The van der Waals surface area contributed by atoms with Crippen molar-refractivity contribution in [3.05, 3.63) is 36.0 Å². The zero-order valence-corrected chi connectivity index (χ0v) is 15.2. The number of hydrogen-bond donors (Lipinski definition) is 3. The van der Waals surface area contributed by atoms with Gasteiger partial charge in [0.1, 0.15) is 11.3 Å². The van der Waals surface area contributed by atoms with Crippen LogP contribution < -0.4 is 10.7 Å². The summed E-state index contributed by atoms with van der Waals surface area (Å²) in [6.45, 7) is 0. The largest absolute Gasteiger partial charge is 0.506 e. The molecule has 6 heteroatoms. The summed E-state index contributed by atoms with van der Waals surface area (Å²) >= 11 is 0. The first kappa shape index (κ1) is 16.5. The Morgan fingerprint density at radius 1 is 1.11 bits per heavy atom. The van der Waals surface area contributed by atoms with Crippen molar-refractivity contribution in [3.63, 3.8) is 0 Å². The van der Waals surface area contributed by atoms with Crippen LogP contribution in [0.3, 0.4) is 0 Å². The topological polar surface area (TPSA) is 86.6 Å². The van der Waals surface area contributed by atoms with E-state index in [0.717, 1.165) is 42.4 Å². The van der Waals surface area contributed by atoms with E-state index in [0.29, 0.717) is 11.2 Å². The van der Waals surface area contributed by atoms with E-state index >= 15 is 0 Å². The highest BCUT2D eigenvalue weighted by molar-refractivity contribution is 5.88. The predicted molar refractivity (Wildman–Crippen MR) is 104 cm³/mol. The number of aromatic hydroxyl groups is 1. The standard InChI is InChI=1S/C21H24N4O2/c26-18-3-1-2-16-4-5-17(23-19(16)18)12-22-25-20(27)24-21-9-13-6-14(10-21)8-15(7-13)11-21/h1-5,12-15,26H,6-11H2,(H2,24,25,27)/b22-12+. The number of fused-ring (bicyclic) bond motifs is 1. The Morgan fingerprint density at radius 2 is 1.81 bits per heavy atom. The van der Waals surface area contributed by atoms with Crippen molar-refractivity contribution < 1.29 is 9.90 Å². The summed E-state index contributed by atoms with van der Waals surface area (Å²) in [5.74, 6) is 2.49. The van der Waals surface area contributed by atoms with Crippen LogP contribution in [0.25, 0.3) is 10.9 Å². The Hall–Kier alpha value is -2.63. The van der Waals surface area contributed by atoms with Gasteiger partial charge >= 0.3 is 6.03 Å². The number of benzene rings is 1. The van der Waals surface area contributed by atoms with Gasteiger partial charge in [0.15, 0.2) is 0 Å². The number of nitrogens with zero attached hydrogens (tertiary/aromatic N) is 2. The average Bonchev–Trinajstić information content (AvgIpc) is 2.61. The summed E-state index contributed by atoms with van der Waals surface area (Å²) in [6.07, 6.45) is 8.89. The quantitative estimate of drug-likeness (QED) is 0.575. The van der Waals surface area contributed by atoms with Crippen LogP contribution >= 0.6 is 0 Å². The molecule has 0 atom stereocenters. The van der Waals surface area contributed by atoms with Crippen molar-refractivity contribution >= 4 is 23.1 Å². The fourth-order valence-corrected chi connectivity index (χ4v) is 5.91. The second kappa shape index (κ2) is 6.22. The molecule has 2 amide bonds. The molecule has 27 heavy (non-hydrogen) atoms. The Kier molecular flexibility index (Phi) is 3.81. The zero-order valence-electron chi connectivity index (χ0n) is 15.2. The maximum atomic E-state index is 12.4. The van der Waals surface area contributed by atoms with Crippen molar-refractivity contribution in [1.29, 1.82) is 0 Å². The van der Waals surface area contributed by atoms with Crippen LogP contribution in [0.1, 0.15) is 44.2 Å². The van der Waals surface area contributed by atoms with E-state index in [1.807, 2.05) is 18.2 Å². The van der Waals surface area contributed by atoms with Gasteiger partial charge < -0.3 is 10.4 Å². The molecule has 2 aromatic rings. The molecule has 0 spiro atoms. The highest BCUT2D eigenvalue weighted by Crippen LogP contribution is 2.55. The van der Waals surface area contributed by atoms with Crippen LogP contribution in [0.2, 0.25) is 0 Å². The molecule has 0 radical (unpaired) electrons. The maximum absolute atomic E-state index is 12.4. The van der Waals surface area contributed by atoms with Crippen LogP contribution in [0.4, 0.5) is 4.79 Å². The van der Waals surface area contributed by atoms with Crippen molar-refractivity contribution in [3.8, 4) is 5.75 Å². The number of rotatable bonds is 3. The lowest BCUT2D eigenvalue weighted by molar-refractivity contribution is -0.0135. The third-order valence-corrected chi connectivity index (χ3v) is 6.50. The Morgan fingerprint density at radius 3 is 2.52 bits per heavy atom. The Bertz CT molecular complexity index is 888. The number of carbonyl (C=O) groups is 1. The zero-order chi connectivity index (χ0) is 18.4. The minimum Gasteiger partial charge on any atom is -0.506 e. The SMILES string of the molecule is O=C(N/N=C/c1ccc2cccc(O)c2n1)NC12CC3CC(CC(C3)C1)C2. The van der Waals surface area contributed by atoms with Crippen LogP contribution in [0, 0.1) is 17.8 Å². The summed E-state index contributed by atoms with van der Waals surface area (Å²) in [5.41, 5.74) is 3.67. The Labute approximate surface area is 158 Å². The van der Waals surface area contributed by atoms with E-state index < -0.39 is 0 Å². The van der Waals surface area contributed by atoms with Crippen molar-refractivity contribution in [2.45, 2.75) is 44.1 Å². The second-order valence-corrected chi connectivity index (χ2v) is 8.61. The van der Waals surface area contributed by atoms with E-state index in [1.165, 1.54) is 25.5 Å². The third kappa shape index (κ3) is 3.13. The fourth-order valence-electron chi connectivity index (χ4n) is 5.91. The van der Waals surface area contributed by atoms with Gasteiger partial charge in [-0.25, -0.2) is 15.2 Å². The molecule has 4 aliphatic rings. The third-order valence-electron chi connectivity index (χ3n) is 6.50. The minimum absolute atomic E-state index is 0.0264. The first-order valence-electron chi connectivity index (χ1n) is 9.79. The van der Waals surface area contributed by atoms with E-state index in [4.69, 9.17) is 0 Å². The molecular weight excluding hydrogens is 340 g/mol. The van der Waals surface area contributed by atoms with E-state index in [2.05, 4.69) is 20.8 Å². The molecule has 3 N–H and O–H groups in total. The second-order valence-electron chi connectivity index (χ2n) is 8.61. The van der Waals surface area contributed by atoms with Crippen LogP contribution in [-0.2, 0) is 0 Å². The molecule has 1 heterocycles. The molecule has 0 saturated heterocycles. The highest BCUT2D eigenvalue weighted by Gasteiger charge is 2.51. The fraction of sp³-hybridized carbons (Fsp3) is 0.476. The van der Waals surface area contributed by atoms with Crippen LogP contribution in [0.5, 0.6) is 5.75 Å². The number of amides is 2. The lowest BCUT2D eigenvalue weighted by atomic mass is 9.53. The molecule has 6 nitrogen and oxygen atoms in total. The van der Waals surface area contributed by atoms with Gasteiger partial charge in [-0.3, -0.25) is 0 Å².